The van der Waals surface area contributed by atoms with Crippen LogP contribution < -0.4 is 24.8 Å². The number of nitrogens with one attached hydrogen (secondary N) is 2. The van der Waals surface area contributed by atoms with Crippen molar-refractivity contribution in [2.45, 2.75) is 27.2 Å². The Bertz CT molecular complexity index is 1570. The third kappa shape index (κ3) is 8.71. The van der Waals surface area contributed by atoms with Gasteiger partial charge in [-0.25, -0.2) is 4.98 Å². The van der Waals surface area contributed by atoms with E-state index in [4.69, 9.17) is 14.2 Å². The number of aryl methyl sites for hydroxylation is 2. The van der Waals surface area contributed by atoms with E-state index in [1.54, 1.807) is 6.07 Å². The van der Waals surface area contributed by atoms with E-state index in [0.717, 1.165) is 67.4 Å². The number of rotatable bonds is 13. The number of hydrogen-bond donors (Lipinski definition) is 2. The molecule has 236 valence electrons. The first-order valence-corrected chi connectivity index (χ1v) is 15.4. The van der Waals surface area contributed by atoms with Crippen LogP contribution in [0.25, 0.3) is 0 Å². The standard InChI is InChI=1S/C35H42N6O4/c1-5-43-30-15-6-7-16-31(30)45-34-29(33(42)38-32-25(2)11-8-12-26(32)3)24-36-35(39-34)37-27-13-9-14-28(23-27)44-22-10-17-41-20-18-40(4)19-21-41/h6-9,11-16,23-24H,5,10,17-22H2,1-4H3,(H,38,42)(H,36,37,39). The number of aromatic nitrogens is 2. The molecule has 0 aliphatic carbocycles. The number of amides is 1. The van der Waals surface area contributed by atoms with Gasteiger partial charge in [-0.05, 0) is 69.6 Å². The molecule has 1 aliphatic rings. The highest BCUT2D eigenvalue weighted by Gasteiger charge is 2.20. The van der Waals surface area contributed by atoms with E-state index in [0.29, 0.717) is 24.7 Å². The van der Waals surface area contributed by atoms with E-state index in [1.807, 2.05) is 81.4 Å². The number of hydrogen-bond acceptors (Lipinski definition) is 9. The van der Waals surface area contributed by atoms with Crippen LogP contribution in [0, 0.1) is 13.8 Å². The van der Waals surface area contributed by atoms with Gasteiger partial charge in [-0.3, -0.25) is 4.79 Å². The Balaban J connectivity index is 1.31. The van der Waals surface area contributed by atoms with Crippen LogP contribution in [0.3, 0.4) is 0 Å². The number of carbonyl (C=O) groups excluding carboxylic acids is 1. The number of nitrogens with zero attached hydrogens (tertiary/aromatic N) is 4. The molecular weight excluding hydrogens is 568 g/mol. The van der Waals surface area contributed by atoms with Crippen LogP contribution >= 0.6 is 0 Å². The topological polar surface area (TPSA) is 101 Å². The molecule has 3 aromatic carbocycles. The zero-order chi connectivity index (χ0) is 31.6. The van der Waals surface area contributed by atoms with Gasteiger partial charge in [-0.15, -0.1) is 0 Å². The summed E-state index contributed by atoms with van der Waals surface area (Å²) in [5.41, 5.74) is 3.58. The van der Waals surface area contributed by atoms with Crippen molar-refractivity contribution in [2.24, 2.45) is 0 Å². The first kappa shape index (κ1) is 31.7. The molecule has 5 rings (SSSR count). The van der Waals surface area contributed by atoms with Gasteiger partial charge < -0.3 is 34.6 Å². The van der Waals surface area contributed by atoms with Gasteiger partial charge in [-0.1, -0.05) is 36.4 Å². The summed E-state index contributed by atoms with van der Waals surface area (Å²) in [6.45, 7) is 12.4. The molecule has 0 atom stereocenters. The zero-order valence-corrected chi connectivity index (χ0v) is 26.5. The molecule has 1 saturated heterocycles. The van der Waals surface area contributed by atoms with Crippen LogP contribution in [0.1, 0.15) is 34.8 Å². The fraction of sp³-hybridized carbons (Fsp3) is 0.343. The lowest BCUT2D eigenvalue weighted by molar-refractivity contribution is 0.102. The van der Waals surface area contributed by atoms with Gasteiger partial charge in [0.1, 0.15) is 11.3 Å². The number of piperazine rings is 1. The Morgan fingerprint density at radius 3 is 2.40 bits per heavy atom. The molecule has 1 aliphatic heterocycles. The average molecular weight is 611 g/mol. The Labute approximate surface area is 265 Å². The highest BCUT2D eigenvalue weighted by molar-refractivity contribution is 6.06. The van der Waals surface area contributed by atoms with Crippen LogP contribution in [-0.4, -0.2) is 78.7 Å². The summed E-state index contributed by atoms with van der Waals surface area (Å²) in [4.78, 5) is 27.5. The minimum absolute atomic E-state index is 0.0969. The first-order chi connectivity index (χ1) is 21.9. The van der Waals surface area contributed by atoms with Crippen molar-refractivity contribution in [3.8, 4) is 23.1 Å². The summed E-state index contributed by atoms with van der Waals surface area (Å²) in [7, 11) is 2.17. The lowest BCUT2D eigenvalue weighted by Crippen LogP contribution is -2.44. The lowest BCUT2D eigenvalue weighted by atomic mass is 10.1. The smallest absolute Gasteiger partial charge is 0.262 e. The lowest BCUT2D eigenvalue weighted by Gasteiger charge is -2.32. The van der Waals surface area contributed by atoms with Gasteiger partial charge in [0.25, 0.3) is 5.91 Å². The highest BCUT2D eigenvalue weighted by Crippen LogP contribution is 2.33. The van der Waals surface area contributed by atoms with Gasteiger partial charge >= 0.3 is 0 Å². The molecule has 0 unspecified atom stereocenters. The van der Waals surface area contributed by atoms with Gasteiger partial charge in [0.2, 0.25) is 11.8 Å². The SMILES string of the molecule is CCOc1ccccc1Oc1nc(Nc2cccc(OCCCN3CCN(C)CC3)c2)ncc1C(=O)Nc1c(C)cccc1C. The highest BCUT2D eigenvalue weighted by atomic mass is 16.5. The molecule has 1 aromatic heterocycles. The molecule has 0 saturated carbocycles. The van der Waals surface area contributed by atoms with Crippen molar-refractivity contribution in [3.63, 3.8) is 0 Å². The number of carbonyl (C=O) groups is 1. The summed E-state index contributed by atoms with van der Waals surface area (Å²) in [5.74, 6) is 1.73. The monoisotopic (exact) mass is 610 g/mol. The number of benzene rings is 3. The summed E-state index contributed by atoms with van der Waals surface area (Å²) in [6, 6.07) is 20.8. The van der Waals surface area contributed by atoms with Crippen molar-refractivity contribution in [2.75, 3.05) is 63.6 Å². The first-order valence-electron chi connectivity index (χ1n) is 15.4. The van der Waals surface area contributed by atoms with Crippen LogP contribution in [0.5, 0.6) is 23.1 Å². The van der Waals surface area contributed by atoms with Crippen LogP contribution in [-0.2, 0) is 0 Å². The molecular formula is C35H42N6O4. The van der Waals surface area contributed by atoms with Gasteiger partial charge in [-0.2, -0.15) is 4.98 Å². The maximum absolute atomic E-state index is 13.6. The Morgan fingerprint density at radius 2 is 1.64 bits per heavy atom. The van der Waals surface area contributed by atoms with Crippen LogP contribution in [0.4, 0.5) is 17.3 Å². The average Bonchev–Trinajstić information content (AvgIpc) is 3.03. The van der Waals surface area contributed by atoms with E-state index in [1.165, 1.54) is 6.20 Å². The van der Waals surface area contributed by atoms with Gasteiger partial charge in [0.05, 0.1) is 13.2 Å². The summed E-state index contributed by atoms with van der Waals surface area (Å²) < 4.78 is 18.0. The number of para-hydroxylation sites is 3. The summed E-state index contributed by atoms with van der Waals surface area (Å²) in [6.07, 6.45) is 2.43. The van der Waals surface area contributed by atoms with Crippen molar-refractivity contribution >= 4 is 23.2 Å². The van der Waals surface area contributed by atoms with Crippen molar-refractivity contribution in [1.29, 1.82) is 0 Å². The molecule has 2 heterocycles. The maximum Gasteiger partial charge on any atom is 0.262 e. The van der Waals surface area contributed by atoms with Crippen molar-refractivity contribution in [1.82, 2.24) is 19.8 Å². The van der Waals surface area contributed by atoms with Crippen LogP contribution in [0.15, 0.2) is 72.9 Å². The molecule has 10 heteroatoms. The molecule has 45 heavy (non-hydrogen) atoms. The molecule has 0 bridgehead atoms. The maximum atomic E-state index is 13.6. The molecule has 1 fully saturated rings. The van der Waals surface area contributed by atoms with E-state index >= 15 is 0 Å². The largest absolute Gasteiger partial charge is 0.493 e. The molecule has 10 nitrogen and oxygen atoms in total. The molecule has 4 aromatic rings. The minimum atomic E-state index is -0.380. The van der Waals surface area contributed by atoms with E-state index in [-0.39, 0.29) is 23.3 Å². The minimum Gasteiger partial charge on any atom is -0.493 e. The Kier molecular flexibility index (Phi) is 10.8. The predicted octanol–water partition coefficient (Wildman–Crippen LogP) is 6.30. The fourth-order valence-corrected chi connectivity index (χ4v) is 5.11. The number of ether oxygens (including phenoxy) is 3. The second kappa shape index (κ2) is 15.4. The quantitative estimate of drug-likeness (QED) is 0.169. The second-order valence-corrected chi connectivity index (χ2v) is 11.1. The van der Waals surface area contributed by atoms with E-state index in [2.05, 4.69) is 37.4 Å². The van der Waals surface area contributed by atoms with E-state index in [9.17, 15) is 4.79 Å². The number of anilines is 3. The Morgan fingerprint density at radius 1 is 0.911 bits per heavy atom. The second-order valence-electron chi connectivity index (χ2n) is 11.1. The zero-order valence-electron chi connectivity index (χ0n) is 26.5. The number of likely N-dealkylation sites (N-methyl/N-ethyl adjacent to an activating group) is 1. The van der Waals surface area contributed by atoms with Gasteiger partial charge in [0, 0.05) is 56.4 Å². The van der Waals surface area contributed by atoms with Crippen molar-refractivity contribution < 1.29 is 19.0 Å². The third-order valence-corrected chi connectivity index (χ3v) is 7.65. The van der Waals surface area contributed by atoms with E-state index < -0.39 is 0 Å². The van der Waals surface area contributed by atoms with Crippen LogP contribution in [0.2, 0.25) is 0 Å². The summed E-state index contributed by atoms with van der Waals surface area (Å²) >= 11 is 0. The van der Waals surface area contributed by atoms with Gasteiger partial charge in [0.15, 0.2) is 11.5 Å². The normalized spacial score (nSPS) is 13.7. The fourth-order valence-electron chi connectivity index (χ4n) is 5.11. The summed E-state index contributed by atoms with van der Waals surface area (Å²) in [5, 5.41) is 6.24. The Hall–Kier alpha value is -4.67. The third-order valence-electron chi connectivity index (χ3n) is 7.65. The molecule has 1 amide bonds. The predicted molar refractivity (Wildman–Crippen MR) is 177 cm³/mol. The molecule has 0 radical (unpaired) electrons. The molecule has 0 spiro atoms. The van der Waals surface area contributed by atoms with Crippen molar-refractivity contribution in [3.05, 3.63) is 89.6 Å². The molecule has 2 N–H and O–H groups in total.